The number of rotatable bonds is 6. The van der Waals surface area contributed by atoms with Crippen LogP contribution in [0.15, 0.2) is 67.0 Å². The predicted octanol–water partition coefficient (Wildman–Crippen LogP) is 5.53. The quantitative estimate of drug-likeness (QED) is 0.295. The second kappa shape index (κ2) is 10.1. The summed E-state index contributed by atoms with van der Waals surface area (Å²) in [4.78, 5) is 29.9. The van der Waals surface area contributed by atoms with Gasteiger partial charge in [0.05, 0.1) is 16.8 Å². The minimum Gasteiger partial charge on any atom is -0.338 e. The van der Waals surface area contributed by atoms with Gasteiger partial charge in [0, 0.05) is 36.8 Å². The first-order chi connectivity index (χ1) is 17.5. The monoisotopic (exact) mass is 512 g/mol. The molecule has 0 spiro atoms. The highest BCUT2D eigenvalue weighted by Gasteiger charge is 2.32. The molecule has 12 heteroatoms. The smallest absolute Gasteiger partial charge is 0.338 e. The Morgan fingerprint density at radius 1 is 0.919 bits per heavy atom. The Labute approximate surface area is 208 Å². The third-order valence-corrected chi connectivity index (χ3v) is 5.24. The lowest BCUT2D eigenvalue weighted by atomic mass is 10.1. The maximum Gasteiger partial charge on any atom is 0.416 e. The Hall–Kier alpha value is -4.74. The number of benzene rings is 2. The molecular formula is C25H20F4N6O2. The average Bonchev–Trinajstić information content (AvgIpc) is 3.24. The van der Waals surface area contributed by atoms with Gasteiger partial charge in [0.2, 0.25) is 0 Å². The molecule has 8 nitrogen and oxygen atoms in total. The summed E-state index contributed by atoms with van der Waals surface area (Å²) < 4.78 is 54.8. The van der Waals surface area contributed by atoms with E-state index in [2.05, 4.69) is 26.0 Å². The van der Waals surface area contributed by atoms with E-state index in [4.69, 9.17) is 0 Å². The highest BCUT2D eigenvalue weighted by Crippen LogP contribution is 2.31. The number of anilines is 4. The number of hydrogen-bond acceptors (Lipinski definition) is 5. The second-order valence-corrected chi connectivity index (χ2v) is 8.07. The van der Waals surface area contributed by atoms with Gasteiger partial charge in [-0.2, -0.15) is 18.3 Å². The van der Waals surface area contributed by atoms with E-state index in [9.17, 15) is 27.2 Å². The van der Waals surface area contributed by atoms with E-state index in [0.29, 0.717) is 23.9 Å². The minimum absolute atomic E-state index is 0.0141. The zero-order valence-electron chi connectivity index (χ0n) is 19.5. The van der Waals surface area contributed by atoms with E-state index >= 15 is 0 Å². The van der Waals surface area contributed by atoms with Crippen molar-refractivity contribution in [2.24, 2.45) is 7.05 Å². The van der Waals surface area contributed by atoms with Gasteiger partial charge >= 0.3 is 6.18 Å². The van der Waals surface area contributed by atoms with E-state index < -0.39 is 34.9 Å². The van der Waals surface area contributed by atoms with Gasteiger partial charge in [0.25, 0.3) is 11.8 Å². The molecule has 0 saturated heterocycles. The predicted molar refractivity (Wildman–Crippen MR) is 129 cm³/mol. The highest BCUT2D eigenvalue weighted by molar-refractivity contribution is 6.08. The van der Waals surface area contributed by atoms with Crippen molar-refractivity contribution < 1.29 is 27.2 Å². The van der Waals surface area contributed by atoms with Crippen LogP contribution in [0.25, 0.3) is 0 Å². The summed E-state index contributed by atoms with van der Waals surface area (Å²) >= 11 is 0. The molecule has 2 aromatic heterocycles. The van der Waals surface area contributed by atoms with Gasteiger partial charge in [-0.25, -0.2) is 9.37 Å². The molecule has 0 radical (unpaired) electrons. The van der Waals surface area contributed by atoms with Crippen molar-refractivity contribution in [3.8, 4) is 0 Å². The van der Waals surface area contributed by atoms with Crippen molar-refractivity contribution in [3.63, 3.8) is 0 Å². The van der Waals surface area contributed by atoms with Crippen LogP contribution in [0, 0.1) is 12.7 Å². The Morgan fingerprint density at radius 3 is 2.32 bits per heavy atom. The van der Waals surface area contributed by atoms with E-state index in [1.165, 1.54) is 16.9 Å². The van der Waals surface area contributed by atoms with Gasteiger partial charge in [0.15, 0.2) is 11.6 Å². The number of alkyl halides is 3. The number of aromatic nitrogens is 3. The van der Waals surface area contributed by atoms with Gasteiger partial charge < -0.3 is 16.0 Å². The first-order valence-corrected chi connectivity index (χ1v) is 10.8. The Kier molecular flexibility index (Phi) is 6.92. The van der Waals surface area contributed by atoms with Gasteiger partial charge in [-0.15, -0.1) is 0 Å². The molecule has 3 N–H and O–H groups in total. The second-order valence-electron chi connectivity index (χ2n) is 8.07. The lowest BCUT2D eigenvalue weighted by Crippen LogP contribution is -2.18. The van der Waals surface area contributed by atoms with E-state index in [1.807, 2.05) is 19.1 Å². The Bertz CT molecular complexity index is 1480. The summed E-state index contributed by atoms with van der Waals surface area (Å²) in [5, 5.41) is 12.1. The molecule has 2 heterocycles. The Morgan fingerprint density at radius 2 is 1.65 bits per heavy atom. The van der Waals surface area contributed by atoms with Gasteiger partial charge in [-0.05, 0) is 42.8 Å². The van der Waals surface area contributed by atoms with Crippen LogP contribution >= 0.6 is 0 Å². The van der Waals surface area contributed by atoms with Crippen molar-refractivity contribution in [2.45, 2.75) is 13.1 Å². The summed E-state index contributed by atoms with van der Waals surface area (Å²) in [7, 11) is 1.67. The van der Waals surface area contributed by atoms with Gasteiger partial charge in [-0.3, -0.25) is 14.3 Å². The maximum absolute atomic E-state index is 13.9. The lowest BCUT2D eigenvalue weighted by Gasteiger charge is -2.15. The number of amides is 2. The number of halogens is 4. The average molecular weight is 512 g/mol. The number of nitrogens with one attached hydrogen (secondary N) is 3. The molecule has 0 aliphatic carbocycles. The van der Waals surface area contributed by atoms with Crippen LogP contribution in [-0.2, 0) is 13.2 Å². The van der Waals surface area contributed by atoms with Crippen LogP contribution in [0.4, 0.5) is 40.6 Å². The number of nitrogens with zero attached hydrogens (tertiary/aromatic N) is 3. The van der Waals surface area contributed by atoms with Crippen LogP contribution < -0.4 is 16.0 Å². The molecule has 0 bridgehead atoms. The standard InChI is InChI=1S/C25H20F4N6O2/c1-14-5-3-4-6-19(14)31-22-20(11-16(13-30-22)24(37)33-21-7-8-35(2)34-21)32-23(36)15-9-17(25(27,28)29)12-18(26)10-15/h3-13H,1-2H3,(H,30,31)(H,32,36)(H,33,34,37). The molecule has 0 fully saturated rings. The number of carbonyl (C=O) groups is 2. The number of carbonyl (C=O) groups excluding carboxylic acids is 2. The van der Waals surface area contributed by atoms with E-state index in [1.54, 1.807) is 31.4 Å². The number of aryl methyl sites for hydroxylation is 2. The van der Waals surface area contributed by atoms with Crippen molar-refractivity contribution in [1.82, 2.24) is 14.8 Å². The lowest BCUT2D eigenvalue weighted by molar-refractivity contribution is -0.137. The molecule has 0 saturated carbocycles. The number of para-hydroxylation sites is 1. The molecule has 0 aliphatic heterocycles. The zero-order valence-corrected chi connectivity index (χ0v) is 19.5. The third-order valence-electron chi connectivity index (χ3n) is 5.24. The normalized spacial score (nSPS) is 11.2. The fourth-order valence-electron chi connectivity index (χ4n) is 3.37. The fraction of sp³-hybridized carbons (Fsp3) is 0.120. The van der Waals surface area contributed by atoms with Crippen LogP contribution in [0.3, 0.4) is 0 Å². The SMILES string of the molecule is Cc1ccccc1Nc1ncc(C(=O)Nc2ccn(C)n2)cc1NC(=O)c1cc(F)cc(C(F)(F)F)c1. The summed E-state index contributed by atoms with van der Waals surface area (Å²) in [6.07, 6.45) is -1.96. The Balaban J connectivity index is 1.69. The van der Waals surface area contributed by atoms with Gasteiger partial charge in [-0.1, -0.05) is 18.2 Å². The van der Waals surface area contributed by atoms with E-state index in [-0.39, 0.29) is 22.9 Å². The molecular weight excluding hydrogens is 492 g/mol. The first-order valence-electron chi connectivity index (χ1n) is 10.8. The molecule has 190 valence electrons. The van der Waals surface area contributed by atoms with Crippen LogP contribution in [0.2, 0.25) is 0 Å². The summed E-state index contributed by atoms with van der Waals surface area (Å²) in [5.41, 5.74) is -0.360. The number of pyridine rings is 1. The first kappa shape index (κ1) is 25.4. The molecule has 2 amide bonds. The largest absolute Gasteiger partial charge is 0.416 e. The van der Waals surface area contributed by atoms with Crippen molar-refractivity contribution in [1.29, 1.82) is 0 Å². The van der Waals surface area contributed by atoms with E-state index in [0.717, 1.165) is 5.56 Å². The number of hydrogen-bond donors (Lipinski definition) is 3. The molecule has 0 aliphatic rings. The van der Waals surface area contributed by atoms with Crippen molar-refractivity contribution in [2.75, 3.05) is 16.0 Å². The molecule has 0 atom stereocenters. The minimum atomic E-state index is -4.85. The van der Waals surface area contributed by atoms with Gasteiger partial charge in [0.1, 0.15) is 5.82 Å². The fourth-order valence-corrected chi connectivity index (χ4v) is 3.37. The molecule has 4 rings (SSSR count). The maximum atomic E-state index is 13.9. The molecule has 2 aromatic carbocycles. The third kappa shape index (κ3) is 6.10. The van der Waals surface area contributed by atoms with Crippen molar-refractivity contribution in [3.05, 3.63) is 95.1 Å². The summed E-state index contributed by atoms with van der Waals surface area (Å²) in [6.45, 7) is 1.83. The topological polar surface area (TPSA) is 101 Å². The van der Waals surface area contributed by atoms with Crippen molar-refractivity contribution >= 4 is 34.8 Å². The molecule has 37 heavy (non-hydrogen) atoms. The zero-order chi connectivity index (χ0) is 26.7. The summed E-state index contributed by atoms with van der Waals surface area (Å²) in [5.74, 6) is -2.44. The summed E-state index contributed by atoms with van der Waals surface area (Å²) in [6, 6.07) is 11.6. The molecule has 4 aromatic rings. The molecule has 0 unspecified atom stereocenters. The van der Waals surface area contributed by atoms with Crippen LogP contribution in [-0.4, -0.2) is 26.6 Å². The van der Waals surface area contributed by atoms with Crippen LogP contribution in [0.1, 0.15) is 31.8 Å². The highest BCUT2D eigenvalue weighted by atomic mass is 19.4. The van der Waals surface area contributed by atoms with Crippen LogP contribution in [0.5, 0.6) is 0 Å².